The molecule has 1 aliphatic rings. The third-order valence-corrected chi connectivity index (χ3v) is 4.51. The maximum absolute atomic E-state index is 5.84. The van der Waals surface area contributed by atoms with E-state index in [1.807, 2.05) is 66.4 Å². The summed E-state index contributed by atoms with van der Waals surface area (Å²) in [6.07, 6.45) is 1.15. The van der Waals surface area contributed by atoms with Crippen LogP contribution in [0, 0.1) is 0 Å². The van der Waals surface area contributed by atoms with Gasteiger partial charge in [0.2, 0.25) is 0 Å². The van der Waals surface area contributed by atoms with Gasteiger partial charge in [-0.1, -0.05) is 43.0 Å². The van der Waals surface area contributed by atoms with E-state index in [-0.39, 0.29) is 0 Å². The maximum atomic E-state index is 5.84. The second kappa shape index (κ2) is 6.68. The van der Waals surface area contributed by atoms with Crippen LogP contribution in [0.25, 0.3) is 0 Å². The molecule has 4 heteroatoms. The number of thioether (sulfide) groups is 1. The van der Waals surface area contributed by atoms with Crippen LogP contribution >= 0.6 is 11.8 Å². The van der Waals surface area contributed by atoms with Crippen LogP contribution in [0.15, 0.2) is 59.6 Å². The normalized spacial score (nSPS) is 17.4. The number of nitrogens with one attached hydrogen (secondary N) is 1. The number of para-hydroxylation sites is 1. The number of hydrogen-bond donors (Lipinski definition) is 1. The summed E-state index contributed by atoms with van der Waals surface area (Å²) >= 11 is 1.81. The Kier molecular flexibility index (Phi) is 4.46. The Hall–Kier alpha value is -1.94. The quantitative estimate of drug-likeness (QED) is 0.882. The summed E-state index contributed by atoms with van der Waals surface area (Å²) < 4.78 is 5.84. The molecular weight excluding hydrogens is 280 g/mol. The lowest BCUT2D eigenvalue weighted by molar-refractivity contribution is 0.483. The summed E-state index contributed by atoms with van der Waals surface area (Å²) in [5.74, 6) is 1.66. The molecule has 0 saturated carbocycles. The van der Waals surface area contributed by atoms with Crippen molar-refractivity contribution in [2.75, 3.05) is 11.9 Å². The highest BCUT2D eigenvalue weighted by Crippen LogP contribution is 2.27. The molecule has 21 heavy (non-hydrogen) atoms. The van der Waals surface area contributed by atoms with Crippen molar-refractivity contribution in [2.45, 2.75) is 18.6 Å². The number of benzene rings is 2. The van der Waals surface area contributed by atoms with Gasteiger partial charge < -0.3 is 10.1 Å². The van der Waals surface area contributed by atoms with E-state index in [1.165, 1.54) is 0 Å². The molecule has 0 radical (unpaired) electrons. The van der Waals surface area contributed by atoms with E-state index < -0.39 is 0 Å². The van der Waals surface area contributed by atoms with Crippen LogP contribution in [-0.4, -0.2) is 17.0 Å². The summed E-state index contributed by atoms with van der Waals surface area (Å²) in [4.78, 5) is 4.52. The van der Waals surface area contributed by atoms with Crippen molar-refractivity contribution in [3.8, 4) is 11.5 Å². The van der Waals surface area contributed by atoms with Crippen LogP contribution in [0.1, 0.15) is 13.3 Å². The minimum absolute atomic E-state index is 0.608. The van der Waals surface area contributed by atoms with Crippen molar-refractivity contribution in [1.82, 2.24) is 0 Å². The van der Waals surface area contributed by atoms with Crippen molar-refractivity contribution in [1.29, 1.82) is 0 Å². The van der Waals surface area contributed by atoms with Gasteiger partial charge in [0.15, 0.2) is 5.17 Å². The van der Waals surface area contributed by atoms with Gasteiger partial charge in [0, 0.05) is 17.0 Å². The number of ether oxygens (including phenoxy) is 1. The SMILES string of the molecule is CCC1CN=C(Nc2cccc(Oc3ccccc3)c2)S1. The Morgan fingerprint density at radius 1 is 1.14 bits per heavy atom. The highest BCUT2D eigenvalue weighted by atomic mass is 32.2. The molecule has 3 nitrogen and oxygen atoms in total. The first-order valence-corrected chi connectivity index (χ1v) is 8.02. The van der Waals surface area contributed by atoms with Crippen LogP contribution < -0.4 is 10.1 Å². The second-order valence-corrected chi connectivity index (χ2v) is 6.15. The zero-order chi connectivity index (χ0) is 14.5. The standard InChI is InChI=1S/C17H18N2OS/c1-2-16-12-18-17(21-16)19-13-7-6-10-15(11-13)20-14-8-4-3-5-9-14/h3-11,16H,2,12H2,1H3,(H,18,19). The Labute approximate surface area is 129 Å². The van der Waals surface area contributed by atoms with Crippen LogP contribution in [0.4, 0.5) is 5.69 Å². The van der Waals surface area contributed by atoms with Crippen LogP contribution in [0.3, 0.4) is 0 Å². The molecule has 0 saturated heterocycles. The largest absolute Gasteiger partial charge is 0.457 e. The molecule has 3 rings (SSSR count). The summed E-state index contributed by atoms with van der Waals surface area (Å²) in [7, 11) is 0. The first kappa shape index (κ1) is 14.0. The number of amidine groups is 1. The summed E-state index contributed by atoms with van der Waals surface area (Å²) in [5, 5.41) is 4.97. The van der Waals surface area contributed by atoms with E-state index in [4.69, 9.17) is 4.74 Å². The third kappa shape index (κ3) is 3.79. The molecule has 1 N–H and O–H groups in total. The predicted octanol–water partition coefficient (Wildman–Crippen LogP) is 4.77. The molecule has 1 unspecified atom stereocenters. The molecule has 0 aliphatic carbocycles. The van der Waals surface area contributed by atoms with E-state index in [1.54, 1.807) is 0 Å². The highest BCUT2D eigenvalue weighted by Gasteiger charge is 2.17. The van der Waals surface area contributed by atoms with Gasteiger partial charge in [-0.25, -0.2) is 0 Å². The Morgan fingerprint density at radius 2 is 1.95 bits per heavy atom. The third-order valence-electron chi connectivity index (χ3n) is 3.24. The second-order valence-electron chi connectivity index (χ2n) is 4.86. The lowest BCUT2D eigenvalue weighted by Crippen LogP contribution is -2.06. The van der Waals surface area contributed by atoms with Gasteiger partial charge >= 0.3 is 0 Å². The van der Waals surface area contributed by atoms with E-state index in [0.29, 0.717) is 5.25 Å². The Morgan fingerprint density at radius 3 is 2.71 bits per heavy atom. The Bertz CT molecular complexity index is 628. The smallest absolute Gasteiger partial charge is 0.161 e. The fourth-order valence-corrected chi connectivity index (χ4v) is 3.04. The number of anilines is 1. The molecule has 1 atom stereocenters. The van der Waals surface area contributed by atoms with Gasteiger partial charge in [-0.15, -0.1) is 0 Å². The summed E-state index contributed by atoms with van der Waals surface area (Å²) in [6, 6.07) is 17.8. The fourth-order valence-electron chi connectivity index (χ4n) is 2.08. The average Bonchev–Trinajstić information content (AvgIpc) is 2.96. The molecule has 108 valence electrons. The number of aliphatic imine (C=N–C) groups is 1. The van der Waals surface area contributed by atoms with Crippen molar-refractivity contribution in [3.05, 3.63) is 54.6 Å². The van der Waals surface area contributed by atoms with Crippen LogP contribution in [0.5, 0.6) is 11.5 Å². The Balaban J connectivity index is 1.66. The minimum atomic E-state index is 0.608. The molecule has 0 fully saturated rings. The molecule has 0 amide bonds. The first-order chi connectivity index (χ1) is 10.3. The van der Waals surface area contributed by atoms with E-state index in [9.17, 15) is 0 Å². The molecule has 1 heterocycles. The van der Waals surface area contributed by atoms with Gasteiger partial charge in [-0.2, -0.15) is 0 Å². The van der Waals surface area contributed by atoms with Crippen molar-refractivity contribution in [3.63, 3.8) is 0 Å². The predicted molar refractivity (Wildman–Crippen MR) is 90.6 cm³/mol. The van der Waals surface area contributed by atoms with Crippen molar-refractivity contribution < 1.29 is 4.74 Å². The molecule has 0 aromatic heterocycles. The molecular formula is C17H18N2OS. The van der Waals surface area contributed by atoms with Crippen molar-refractivity contribution in [2.24, 2.45) is 4.99 Å². The number of hydrogen-bond acceptors (Lipinski definition) is 4. The zero-order valence-corrected chi connectivity index (χ0v) is 12.8. The molecule has 0 bridgehead atoms. The number of rotatable bonds is 4. The van der Waals surface area contributed by atoms with Gasteiger partial charge in [-0.3, -0.25) is 4.99 Å². The molecule has 1 aliphatic heterocycles. The summed E-state index contributed by atoms with van der Waals surface area (Å²) in [5.41, 5.74) is 1.01. The lowest BCUT2D eigenvalue weighted by atomic mass is 10.3. The van der Waals surface area contributed by atoms with Gasteiger partial charge in [0.25, 0.3) is 0 Å². The topological polar surface area (TPSA) is 33.6 Å². The monoisotopic (exact) mass is 298 g/mol. The molecule has 0 spiro atoms. The van der Waals surface area contributed by atoms with E-state index >= 15 is 0 Å². The molecule has 2 aromatic carbocycles. The lowest BCUT2D eigenvalue weighted by Gasteiger charge is -2.10. The summed E-state index contributed by atoms with van der Waals surface area (Å²) in [6.45, 7) is 3.11. The van der Waals surface area contributed by atoms with Crippen LogP contribution in [-0.2, 0) is 0 Å². The van der Waals surface area contributed by atoms with Crippen molar-refractivity contribution >= 4 is 22.6 Å². The van der Waals surface area contributed by atoms with Gasteiger partial charge in [0.1, 0.15) is 11.5 Å². The molecule has 2 aromatic rings. The van der Waals surface area contributed by atoms with E-state index in [2.05, 4.69) is 17.2 Å². The fraction of sp³-hybridized carbons (Fsp3) is 0.235. The van der Waals surface area contributed by atoms with Crippen LogP contribution in [0.2, 0.25) is 0 Å². The van der Waals surface area contributed by atoms with E-state index in [0.717, 1.165) is 35.3 Å². The van der Waals surface area contributed by atoms with Gasteiger partial charge in [0.05, 0.1) is 6.54 Å². The highest BCUT2D eigenvalue weighted by molar-refractivity contribution is 8.15. The van der Waals surface area contributed by atoms with Gasteiger partial charge in [-0.05, 0) is 30.7 Å². The average molecular weight is 298 g/mol. The number of nitrogens with zero attached hydrogens (tertiary/aromatic N) is 1. The minimum Gasteiger partial charge on any atom is -0.457 e. The maximum Gasteiger partial charge on any atom is 0.161 e. The zero-order valence-electron chi connectivity index (χ0n) is 12.0. The first-order valence-electron chi connectivity index (χ1n) is 7.14.